The fourth-order valence-electron chi connectivity index (χ4n) is 25.9. The average molecular weight is 1870 g/mol. The first-order valence-corrected chi connectivity index (χ1v) is 50.7. The van der Waals surface area contributed by atoms with E-state index in [4.69, 9.17) is 71.1 Å². The van der Waals surface area contributed by atoms with Crippen LogP contribution >= 0.6 is 0 Å². The van der Waals surface area contributed by atoms with Gasteiger partial charge in [0, 0.05) is 59.2 Å². The Bertz CT molecular complexity index is 4480. The first kappa shape index (κ1) is 99.5. The van der Waals surface area contributed by atoms with Crippen molar-refractivity contribution >= 4 is 89.5 Å². The van der Waals surface area contributed by atoms with Crippen molar-refractivity contribution in [1.82, 2.24) is 0 Å². The van der Waals surface area contributed by atoms with Gasteiger partial charge in [-0.05, 0) is 270 Å². The lowest BCUT2D eigenvalue weighted by molar-refractivity contribution is -0.178. The van der Waals surface area contributed by atoms with E-state index in [0.29, 0.717) is 64.2 Å². The molecule has 740 valence electrons. The minimum atomic E-state index is -0.628. The maximum Gasteiger partial charge on any atom is 0.311 e. The third-order valence-corrected chi connectivity index (χ3v) is 35.8. The quantitative estimate of drug-likeness (QED) is 0.0605. The highest BCUT2D eigenvalue weighted by atomic mass is 16.6. The molecule has 30 nitrogen and oxygen atoms in total. The molecule has 0 spiro atoms. The van der Waals surface area contributed by atoms with Gasteiger partial charge in [-0.25, -0.2) is 0 Å². The Hall–Kier alpha value is -7.95. The molecule has 19 fully saturated rings. The van der Waals surface area contributed by atoms with Crippen LogP contribution in [0.15, 0.2) is 0 Å². The van der Waals surface area contributed by atoms with Gasteiger partial charge in [0.1, 0.15) is 90.1 Å². The van der Waals surface area contributed by atoms with E-state index in [9.17, 15) is 71.9 Å². The Balaban J connectivity index is 0.000000127. The Labute approximate surface area is 782 Å². The van der Waals surface area contributed by atoms with E-state index < -0.39 is 170 Å². The van der Waals surface area contributed by atoms with Crippen molar-refractivity contribution in [3.63, 3.8) is 0 Å². The van der Waals surface area contributed by atoms with Gasteiger partial charge in [-0.1, -0.05) is 48.0 Å². The Morgan fingerprint density at radius 1 is 0.293 bits per heavy atom. The van der Waals surface area contributed by atoms with Crippen molar-refractivity contribution in [2.24, 2.45) is 145 Å². The zero-order valence-electron chi connectivity index (χ0n) is 82.0. The van der Waals surface area contributed by atoms with Crippen LogP contribution in [-0.2, 0) is 143 Å². The number of hydrogen-bond acceptors (Lipinski definition) is 30. The van der Waals surface area contributed by atoms with Crippen LogP contribution in [0.3, 0.4) is 0 Å². The molecule has 30 unspecified atom stereocenters. The molecule has 10 bridgehead atoms. The second-order valence-electron chi connectivity index (χ2n) is 46.9. The number of hydrogen-bond donors (Lipinski definition) is 0. The minimum Gasteiger partial charge on any atom is -0.462 e. The topological polar surface area (TPSA) is 394 Å². The molecule has 0 aromatic heterocycles. The van der Waals surface area contributed by atoms with Crippen LogP contribution in [0.25, 0.3) is 0 Å². The molecule has 19 aliphatic rings. The van der Waals surface area contributed by atoms with Gasteiger partial charge >= 0.3 is 89.5 Å². The summed E-state index contributed by atoms with van der Waals surface area (Å²) >= 11 is 0. The summed E-state index contributed by atoms with van der Waals surface area (Å²) in [6, 6.07) is 0. The van der Waals surface area contributed by atoms with E-state index in [1.54, 1.807) is 20.8 Å². The van der Waals surface area contributed by atoms with Gasteiger partial charge in [0.2, 0.25) is 0 Å². The summed E-state index contributed by atoms with van der Waals surface area (Å²) in [6.07, 6.45) is 19.5. The van der Waals surface area contributed by atoms with Gasteiger partial charge in [0.05, 0.1) is 86.3 Å². The molecule has 30 atom stereocenters. The second-order valence-corrected chi connectivity index (χ2v) is 46.9. The standard InChI is InChI=1S/C22H32O6.2C21H30O6.C20H28O6.C19H28O6/c1-5-21(3,4)20(25)27-17-13-11-12-14(18(23)26-16(12)17)15(13)19(24)28-22(6-2)9-7-8-10-22;1-5-20(2,3)19(24)26-16-12-10-11-13(17(22)25-15(11)16)14(12)18(23)27-21(4)8-6-7-9-21;1-4-21(2,3)20(24)27-17-13-10-12-15(19(23)26-16(12)17)14(13)18(22)25-11-8-6-5-7-9-11;1-4-20(2,3)19(23)26-16-12-9-11-14(18(22)25-15(11)16)13(12)17(21)24-10-7-5-6-8-10;1-7-19(5,6)17(22)24-14-10-8-9-11(15(20)23-13(9)14)12(10)16(21)25-18(2,3)4/h12-17H,5-11H2,1-4H3;11-16H,5-10H2,1-4H3;11-17H,4-10H2,1-3H3;10-16H,4-9H2,1-3H3;9-14H,7-8H2,1-6H3. The largest absolute Gasteiger partial charge is 0.462 e. The zero-order valence-corrected chi connectivity index (χ0v) is 82.0. The normalized spacial score (nSPS) is 37.9. The van der Waals surface area contributed by atoms with Gasteiger partial charge in [0.25, 0.3) is 0 Å². The molecular formula is C103H148O30. The second kappa shape index (κ2) is 37.4. The van der Waals surface area contributed by atoms with Crippen molar-refractivity contribution in [2.75, 3.05) is 0 Å². The Morgan fingerprint density at radius 2 is 0.526 bits per heavy atom. The molecule has 5 saturated heterocycles. The molecule has 0 N–H and O–H groups in total. The van der Waals surface area contributed by atoms with E-state index in [0.717, 1.165) is 109 Å². The highest BCUT2D eigenvalue weighted by Gasteiger charge is 2.76. The lowest BCUT2D eigenvalue weighted by Crippen LogP contribution is -2.46. The fraction of sp³-hybridized carbons (Fsp3) is 0.854. The van der Waals surface area contributed by atoms with Crippen molar-refractivity contribution < 1.29 is 143 Å². The highest BCUT2D eigenvalue weighted by molar-refractivity contribution is 5.91. The lowest BCUT2D eigenvalue weighted by atomic mass is 9.78. The van der Waals surface area contributed by atoms with Crippen molar-refractivity contribution in [2.45, 2.75) is 408 Å². The summed E-state index contributed by atoms with van der Waals surface area (Å²) < 4.78 is 85.7. The molecule has 0 aromatic carbocycles. The molecule has 5 aliphatic heterocycles. The lowest BCUT2D eigenvalue weighted by Gasteiger charge is -2.35. The molecule has 5 heterocycles. The third-order valence-electron chi connectivity index (χ3n) is 35.8. The Morgan fingerprint density at radius 3 is 0.774 bits per heavy atom. The van der Waals surface area contributed by atoms with Crippen molar-refractivity contribution in [1.29, 1.82) is 0 Å². The summed E-state index contributed by atoms with van der Waals surface area (Å²) in [5.74, 6) is -10.9. The molecule has 30 heteroatoms. The maximum atomic E-state index is 13.2. The van der Waals surface area contributed by atoms with Gasteiger partial charge in [-0.2, -0.15) is 0 Å². The fourth-order valence-corrected chi connectivity index (χ4v) is 25.9. The molecule has 0 aromatic rings. The van der Waals surface area contributed by atoms with Crippen molar-refractivity contribution in [3.05, 3.63) is 0 Å². The average Bonchev–Trinajstić information content (AvgIpc) is 1.58. The van der Waals surface area contributed by atoms with Crippen LogP contribution in [0.5, 0.6) is 0 Å². The molecule has 0 amide bonds. The molecular weight excluding hydrogens is 1720 g/mol. The third kappa shape index (κ3) is 18.5. The van der Waals surface area contributed by atoms with Crippen molar-refractivity contribution in [3.8, 4) is 0 Å². The van der Waals surface area contributed by atoms with Crippen LogP contribution in [0.4, 0.5) is 0 Å². The predicted molar refractivity (Wildman–Crippen MR) is 470 cm³/mol. The zero-order chi connectivity index (χ0) is 96.5. The van der Waals surface area contributed by atoms with Crippen LogP contribution in [-0.4, -0.2) is 180 Å². The molecule has 0 radical (unpaired) electrons. The predicted octanol–water partition coefficient (Wildman–Crippen LogP) is 14.6. The number of ether oxygens (including phenoxy) is 15. The van der Waals surface area contributed by atoms with E-state index in [-0.39, 0.29) is 155 Å². The van der Waals surface area contributed by atoms with E-state index in [1.807, 2.05) is 111 Å². The molecule has 14 saturated carbocycles. The summed E-state index contributed by atoms with van der Waals surface area (Å²) in [6.45, 7) is 37.6. The Kier molecular flexibility index (Phi) is 28.0. The minimum absolute atomic E-state index is 0.0313. The monoisotopic (exact) mass is 1870 g/mol. The van der Waals surface area contributed by atoms with Gasteiger partial charge < -0.3 is 71.1 Å². The molecule has 14 aliphatic carbocycles. The number of carbonyl (C=O) groups excluding carboxylic acids is 15. The van der Waals surface area contributed by atoms with E-state index in [1.165, 1.54) is 6.42 Å². The number of fused-ring (bicyclic) bond motifs is 5. The smallest absolute Gasteiger partial charge is 0.311 e. The molecule has 19 rings (SSSR count). The first-order chi connectivity index (χ1) is 62.5. The number of esters is 15. The number of carbonyl (C=O) groups is 15. The van der Waals surface area contributed by atoms with Gasteiger partial charge in [-0.15, -0.1) is 0 Å². The first-order valence-electron chi connectivity index (χ1n) is 50.7. The molecule has 133 heavy (non-hydrogen) atoms. The van der Waals surface area contributed by atoms with E-state index >= 15 is 0 Å². The summed E-state index contributed by atoms with van der Waals surface area (Å²) in [5, 5.41) is 0. The SMILES string of the molecule is CCC(C)(C)C(=O)OC1C2CC3C1OC(=O)C3C2C(=O)OC(C)(C)C.CCC(C)(C)C(=O)OC1C2CC3C1OC(=O)C3C2C(=O)OC1(C)CCCC1.CCC(C)(C)C(=O)OC1C2CC3C1OC(=O)C3C2C(=O)OC1CCCC1.CCC(C)(C)C(=O)OC1C2CC3C1OC(=O)C3C2C(=O)OC1CCCCC1.CCC1(OC(=O)C2C3CC4C(OC(=O)C42)C3OC(=O)C(C)(C)CC)CCCC1. The summed E-state index contributed by atoms with van der Waals surface area (Å²) in [5.41, 5.74) is -4.45. The van der Waals surface area contributed by atoms with Crippen LogP contribution in [0.2, 0.25) is 0 Å². The number of rotatable bonds is 25. The van der Waals surface area contributed by atoms with E-state index in [2.05, 4.69) is 6.92 Å². The highest BCUT2D eigenvalue weighted by Crippen LogP contribution is 2.65. The van der Waals surface area contributed by atoms with Crippen LogP contribution in [0, 0.1) is 145 Å². The van der Waals surface area contributed by atoms with Gasteiger partial charge in [0.15, 0.2) is 0 Å². The van der Waals surface area contributed by atoms with Crippen LogP contribution in [0.1, 0.15) is 318 Å². The maximum absolute atomic E-state index is 13.2. The van der Waals surface area contributed by atoms with Crippen LogP contribution < -0.4 is 0 Å². The summed E-state index contributed by atoms with van der Waals surface area (Å²) in [7, 11) is 0. The summed E-state index contributed by atoms with van der Waals surface area (Å²) in [4.78, 5) is 190. The van der Waals surface area contributed by atoms with Gasteiger partial charge in [-0.3, -0.25) is 71.9 Å².